The zero-order chi connectivity index (χ0) is 28.4. The van der Waals surface area contributed by atoms with Gasteiger partial charge in [-0.25, -0.2) is 9.79 Å². The van der Waals surface area contributed by atoms with Crippen molar-refractivity contribution in [1.29, 1.82) is 0 Å². The number of esters is 1. The van der Waals surface area contributed by atoms with E-state index in [1.807, 2.05) is 54.6 Å². The van der Waals surface area contributed by atoms with Crippen molar-refractivity contribution in [1.82, 2.24) is 4.57 Å². The summed E-state index contributed by atoms with van der Waals surface area (Å²) in [5.41, 5.74) is 3.23. The van der Waals surface area contributed by atoms with Crippen LogP contribution in [0.2, 0.25) is 5.02 Å². The van der Waals surface area contributed by atoms with Gasteiger partial charge < -0.3 is 9.47 Å². The highest BCUT2D eigenvalue weighted by Gasteiger charge is 2.33. The van der Waals surface area contributed by atoms with Crippen molar-refractivity contribution in [2.45, 2.75) is 26.5 Å². The quantitative estimate of drug-likeness (QED) is 0.164. The number of carbonyl (C=O) groups is 1. The van der Waals surface area contributed by atoms with Gasteiger partial charge in [0.1, 0.15) is 12.4 Å². The molecule has 0 radical (unpaired) electrons. The Balaban J connectivity index is 1.53. The van der Waals surface area contributed by atoms with Crippen molar-refractivity contribution in [3.05, 3.63) is 127 Å². The van der Waals surface area contributed by atoms with Crippen LogP contribution in [0.1, 0.15) is 36.6 Å². The maximum absolute atomic E-state index is 13.8. The summed E-state index contributed by atoms with van der Waals surface area (Å²) in [6.45, 7) is 4.14. The molecular formula is C30H23ClI2N2O4S. The number of carbonyl (C=O) groups excluding carboxylic acids is 1. The highest BCUT2D eigenvalue weighted by molar-refractivity contribution is 14.1. The molecule has 4 aromatic rings. The molecule has 204 valence electrons. The van der Waals surface area contributed by atoms with Crippen LogP contribution in [0.4, 0.5) is 0 Å². The third-order valence-corrected chi connectivity index (χ3v) is 8.99. The molecule has 0 saturated heterocycles. The van der Waals surface area contributed by atoms with Crippen LogP contribution in [0.3, 0.4) is 0 Å². The monoisotopic (exact) mass is 796 g/mol. The molecule has 10 heteroatoms. The van der Waals surface area contributed by atoms with E-state index in [0.29, 0.717) is 32.2 Å². The van der Waals surface area contributed by atoms with Crippen molar-refractivity contribution in [2.24, 2.45) is 4.99 Å². The van der Waals surface area contributed by atoms with E-state index < -0.39 is 12.0 Å². The highest BCUT2D eigenvalue weighted by atomic mass is 127. The Morgan fingerprint density at radius 2 is 1.90 bits per heavy atom. The van der Waals surface area contributed by atoms with Crippen molar-refractivity contribution < 1.29 is 14.3 Å². The number of benzene rings is 3. The lowest BCUT2D eigenvalue weighted by Crippen LogP contribution is -2.39. The number of ether oxygens (including phenoxy) is 2. The van der Waals surface area contributed by atoms with Crippen LogP contribution in [0, 0.1) is 7.14 Å². The number of thiazole rings is 1. The molecular weight excluding hydrogens is 774 g/mol. The Labute approximate surface area is 267 Å². The number of halogens is 3. The summed E-state index contributed by atoms with van der Waals surface area (Å²) in [5.74, 6) is 0.336. The van der Waals surface area contributed by atoms with Gasteiger partial charge in [0.15, 0.2) is 4.80 Å². The Morgan fingerprint density at radius 3 is 2.62 bits per heavy atom. The predicted octanol–water partition coefficient (Wildman–Crippen LogP) is 6.24. The molecule has 3 aromatic carbocycles. The average molecular weight is 797 g/mol. The van der Waals surface area contributed by atoms with E-state index in [2.05, 4.69) is 56.2 Å². The zero-order valence-corrected chi connectivity index (χ0v) is 27.4. The predicted molar refractivity (Wildman–Crippen MR) is 175 cm³/mol. The first-order chi connectivity index (χ1) is 19.2. The Hall–Kier alpha value is -2.48. The topological polar surface area (TPSA) is 69.9 Å². The number of rotatable bonds is 7. The van der Waals surface area contributed by atoms with Crippen molar-refractivity contribution >= 4 is 80.2 Å². The number of aromatic nitrogens is 1. The Morgan fingerprint density at radius 1 is 1.12 bits per heavy atom. The molecule has 0 N–H and O–H groups in total. The second kappa shape index (κ2) is 12.6. The zero-order valence-electron chi connectivity index (χ0n) is 21.5. The minimum atomic E-state index is -0.675. The maximum atomic E-state index is 13.8. The first kappa shape index (κ1) is 29.0. The fourth-order valence-corrected chi connectivity index (χ4v) is 7.36. The van der Waals surface area contributed by atoms with Gasteiger partial charge in [0, 0.05) is 8.59 Å². The molecule has 1 atom stereocenters. The van der Waals surface area contributed by atoms with Gasteiger partial charge in [0.05, 0.1) is 32.0 Å². The first-order valence-electron chi connectivity index (χ1n) is 12.4. The van der Waals surface area contributed by atoms with Crippen LogP contribution >= 0.6 is 68.1 Å². The van der Waals surface area contributed by atoms with Crippen molar-refractivity contribution in [3.8, 4) is 5.75 Å². The van der Waals surface area contributed by atoms with Gasteiger partial charge >= 0.3 is 5.97 Å². The molecule has 0 spiro atoms. The molecule has 40 heavy (non-hydrogen) atoms. The van der Waals surface area contributed by atoms with E-state index in [9.17, 15) is 9.59 Å². The summed E-state index contributed by atoms with van der Waals surface area (Å²) < 4.78 is 15.7. The molecule has 0 amide bonds. The normalized spacial score (nSPS) is 15.0. The molecule has 0 saturated carbocycles. The standard InChI is InChI=1S/C30H23ClI2N2O4S/c1-3-38-29(37)26-17(2)34-30-35(27(26)20-7-9-21(31)10-8-20)28(36)25(40-30)14-18-5-4-6-19(13-18)16-39-24-12-11-22(32)15-23(24)33/h4-15,27H,3,16H2,1-2H3/b25-14-/t27-/m1/s1. The van der Waals surface area contributed by atoms with Crippen LogP contribution < -0.4 is 19.6 Å². The van der Waals surface area contributed by atoms with Crippen LogP contribution in [0.15, 0.2) is 87.8 Å². The van der Waals surface area contributed by atoms with Gasteiger partial charge in [-0.1, -0.05) is 53.3 Å². The summed E-state index contributed by atoms with van der Waals surface area (Å²) >= 11 is 12.0. The Kier molecular flexibility index (Phi) is 9.13. The lowest BCUT2D eigenvalue weighted by molar-refractivity contribution is -0.139. The smallest absolute Gasteiger partial charge is 0.338 e. The van der Waals surface area contributed by atoms with E-state index in [-0.39, 0.29) is 12.2 Å². The minimum Gasteiger partial charge on any atom is -0.488 e. The van der Waals surface area contributed by atoms with Gasteiger partial charge in [-0.05, 0) is 118 Å². The number of fused-ring (bicyclic) bond motifs is 1. The third kappa shape index (κ3) is 6.22. The second-order valence-corrected chi connectivity index (χ2v) is 12.8. The summed E-state index contributed by atoms with van der Waals surface area (Å²) in [6.07, 6.45) is 1.85. The van der Waals surface area contributed by atoms with Crippen molar-refractivity contribution in [2.75, 3.05) is 6.61 Å². The molecule has 1 aliphatic rings. The summed E-state index contributed by atoms with van der Waals surface area (Å²) in [7, 11) is 0. The van der Waals surface area contributed by atoms with Crippen LogP contribution in [0.5, 0.6) is 5.75 Å². The van der Waals surface area contributed by atoms with Crippen LogP contribution in [-0.2, 0) is 16.1 Å². The van der Waals surface area contributed by atoms with Gasteiger partial charge in [0.25, 0.3) is 5.56 Å². The summed E-state index contributed by atoms with van der Waals surface area (Å²) in [5, 5.41) is 0.565. The van der Waals surface area contributed by atoms with E-state index >= 15 is 0 Å². The number of hydrogen-bond donors (Lipinski definition) is 0. The van der Waals surface area contributed by atoms with Gasteiger partial charge in [-0.3, -0.25) is 9.36 Å². The highest BCUT2D eigenvalue weighted by Crippen LogP contribution is 2.31. The fourth-order valence-electron chi connectivity index (χ4n) is 4.43. The van der Waals surface area contributed by atoms with Crippen LogP contribution in [-0.4, -0.2) is 17.1 Å². The molecule has 6 nitrogen and oxygen atoms in total. The molecule has 5 rings (SSSR count). The number of hydrogen-bond acceptors (Lipinski definition) is 6. The molecule has 1 aromatic heterocycles. The maximum Gasteiger partial charge on any atom is 0.338 e. The number of allylic oxidation sites excluding steroid dienone is 1. The lowest BCUT2D eigenvalue weighted by Gasteiger charge is -2.24. The minimum absolute atomic E-state index is 0.218. The van der Waals surface area contributed by atoms with E-state index in [1.54, 1.807) is 30.5 Å². The number of nitrogens with zero attached hydrogens (tertiary/aromatic N) is 2. The molecule has 0 fully saturated rings. The molecule has 0 bridgehead atoms. The summed E-state index contributed by atoms with van der Waals surface area (Å²) in [6, 6.07) is 20.4. The van der Waals surface area contributed by atoms with Gasteiger partial charge in [-0.2, -0.15) is 0 Å². The van der Waals surface area contributed by atoms with Gasteiger partial charge in [-0.15, -0.1) is 0 Å². The lowest BCUT2D eigenvalue weighted by atomic mass is 9.96. The van der Waals surface area contributed by atoms with E-state index in [1.165, 1.54) is 11.3 Å². The average Bonchev–Trinajstić information content (AvgIpc) is 3.22. The molecule has 0 aliphatic carbocycles. The molecule has 1 aliphatic heterocycles. The van der Waals surface area contributed by atoms with Crippen molar-refractivity contribution in [3.63, 3.8) is 0 Å². The molecule has 2 heterocycles. The van der Waals surface area contributed by atoms with Crippen LogP contribution in [0.25, 0.3) is 6.08 Å². The first-order valence-corrected chi connectivity index (χ1v) is 15.7. The second-order valence-electron chi connectivity index (χ2n) is 8.96. The largest absolute Gasteiger partial charge is 0.488 e. The molecule has 0 unspecified atom stereocenters. The van der Waals surface area contributed by atoms with Gasteiger partial charge in [0.2, 0.25) is 0 Å². The summed E-state index contributed by atoms with van der Waals surface area (Å²) in [4.78, 5) is 32.0. The van der Waals surface area contributed by atoms with E-state index in [0.717, 1.165) is 29.6 Å². The SMILES string of the molecule is CCOC(=O)C1=C(C)N=c2s/c(=C\c3cccc(COc4ccc(I)cc4I)c3)c(=O)n2[C@@H]1c1ccc(Cl)cc1. The fraction of sp³-hybridized carbons (Fsp3) is 0.167. The Bertz CT molecular complexity index is 1810. The van der Waals surface area contributed by atoms with E-state index in [4.69, 9.17) is 21.1 Å². The third-order valence-electron chi connectivity index (χ3n) is 6.24.